The van der Waals surface area contributed by atoms with Crippen molar-refractivity contribution >= 4 is 14.0 Å². The van der Waals surface area contributed by atoms with E-state index in [1.54, 1.807) is 0 Å². The molecule has 0 aliphatic heterocycles. The Morgan fingerprint density at radius 3 is 2.11 bits per heavy atom. The summed E-state index contributed by atoms with van der Waals surface area (Å²) in [6.45, 7) is 6.01. The van der Waals surface area contributed by atoms with Crippen LogP contribution in [0, 0.1) is 5.41 Å². The monoisotopic (exact) mass is 128 g/mol. The van der Waals surface area contributed by atoms with Crippen molar-refractivity contribution in [2.45, 2.75) is 27.2 Å². The van der Waals surface area contributed by atoms with Crippen LogP contribution in [-0.2, 0) is 9.45 Å². The zero-order valence-electron chi connectivity index (χ0n) is 6.52. The molecule has 52 valence electrons. The maximum absolute atomic E-state index is 10.6. The van der Waals surface area contributed by atoms with Crippen LogP contribution in [0.1, 0.15) is 27.2 Å². The summed E-state index contributed by atoms with van der Waals surface area (Å²) in [5.74, 6) is -0.137. The van der Waals surface area contributed by atoms with Crippen molar-refractivity contribution in [1.82, 2.24) is 0 Å². The van der Waals surface area contributed by atoms with E-state index < -0.39 is 0 Å². The maximum atomic E-state index is 10.6. The van der Waals surface area contributed by atoms with Gasteiger partial charge in [0.1, 0.15) is 0 Å². The predicted octanol–water partition coefficient (Wildman–Crippen LogP) is 0.514. The molecule has 0 bridgehead atoms. The van der Waals surface area contributed by atoms with Crippen LogP contribution in [0.3, 0.4) is 0 Å². The first-order chi connectivity index (χ1) is 3.95. The van der Waals surface area contributed by atoms with E-state index in [9.17, 15) is 4.79 Å². The van der Waals surface area contributed by atoms with Crippen molar-refractivity contribution in [3.63, 3.8) is 0 Å². The highest BCUT2D eigenvalue weighted by molar-refractivity contribution is 6.05. The highest BCUT2D eigenvalue weighted by Gasteiger charge is 2.14. The van der Waals surface area contributed by atoms with E-state index >= 15 is 0 Å². The molecule has 3 heteroatoms. The minimum atomic E-state index is -0.137. The summed E-state index contributed by atoms with van der Waals surface area (Å²) in [5.41, 5.74) is 0.0487. The Labute approximate surface area is 57.0 Å². The largest absolute Gasteiger partial charge is 0.543 e. The molecule has 0 N–H and O–H groups in total. The van der Waals surface area contributed by atoms with Gasteiger partial charge in [0.2, 0.25) is 0 Å². The lowest BCUT2D eigenvalue weighted by molar-refractivity contribution is -0.135. The van der Waals surface area contributed by atoms with Gasteiger partial charge < -0.3 is 4.65 Å². The van der Waals surface area contributed by atoms with Crippen molar-refractivity contribution in [2.24, 2.45) is 5.41 Å². The lowest BCUT2D eigenvalue weighted by Gasteiger charge is -2.15. The van der Waals surface area contributed by atoms with Gasteiger partial charge in [0.15, 0.2) is 0 Å². The lowest BCUT2D eigenvalue weighted by atomic mass is 9.92. The Hall–Kier alpha value is -0.465. The molecule has 0 fully saturated rings. The molecule has 0 saturated carbocycles. The molecule has 2 nitrogen and oxygen atoms in total. The highest BCUT2D eigenvalue weighted by Crippen LogP contribution is 2.18. The van der Waals surface area contributed by atoms with Gasteiger partial charge in [-0.25, -0.2) is 0 Å². The molecule has 0 heterocycles. The Balaban J connectivity index is 3.60. The average molecular weight is 128 g/mol. The van der Waals surface area contributed by atoms with Crippen molar-refractivity contribution in [2.75, 3.05) is 0 Å². The summed E-state index contributed by atoms with van der Waals surface area (Å²) in [6, 6.07) is 0. The summed E-state index contributed by atoms with van der Waals surface area (Å²) < 4.78 is 4.49. The standard InChI is InChI=1S/C6H13BO2/c1-6(2,3)4-5(8)9-7/h4,7H2,1-3H3. The van der Waals surface area contributed by atoms with E-state index in [0.29, 0.717) is 6.42 Å². The Morgan fingerprint density at radius 1 is 1.56 bits per heavy atom. The zero-order valence-corrected chi connectivity index (χ0v) is 6.52. The molecule has 0 aromatic rings. The van der Waals surface area contributed by atoms with Gasteiger partial charge in [-0.3, -0.25) is 4.79 Å². The fraction of sp³-hybridized carbons (Fsp3) is 0.833. The third kappa shape index (κ3) is 5.41. The van der Waals surface area contributed by atoms with Crippen LogP contribution in [0.25, 0.3) is 0 Å². The van der Waals surface area contributed by atoms with Crippen molar-refractivity contribution in [3.05, 3.63) is 0 Å². The molecule has 0 aromatic carbocycles. The van der Waals surface area contributed by atoms with Crippen LogP contribution >= 0.6 is 0 Å². The Bertz CT molecular complexity index is 104. The molecule has 0 rings (SSSR count). The summed E-state index contributed by atoms with van der Waals surface area (Å²) in [7, 11) is 1.41. The molecule has 0 aliphatic rings. The summed E-state index contributed by atoms with van der Waals surface area (Å²) >= 11 is 0. The van der Waals surface area contributed by atoms with E-state index in [0.717, 1.165) is 0 Å². The molecule has 0 amide bonds. The van der Waals surface area contributed by atoms with Crippen LogP contribution in [-0.4, -0.2) is 14.0 Å². The summed E-state index contributed by atoms with van der Waals surface area (Å²) in [6.07, 6.45) is 0.490. The topological polar surface area (TPSA) is 26.3 Å². The fourth-order valence-electron chi connectivity index (χ4n) is 0.505. The fourth-order valence-corrected chi connectivity index (χ4v) is 0.505. The Kier molecular flexibility index (Phi) is 2.75. The van der Waals surface area contributed by atoms with Crippen LogP contribution in [0.4, 0.5) is 0 Å². The molecular formula is C6H13BO2. The first-order valence-corrected chi connectivity index (χ1v) is 3.02. The van der Waals surface area contributed by atoms with E-state index in [4.69, 9.17) is 0 Å². The molecular weight excluding hydrogens is 115 g/mol. The molecule has 0 radical (unpaired) electrons. The quantitative estimate of drug-likeness (QED) is 0.481. The molecule has 0 unspecified atom stereocenters. The van der Waals surface area contributed by atoms with Crippen LogP contribution in [0.2, 0.25) is 0 Å². The SMILES string of the molecule is BOC(=O)CC(C)(C)C. The van der Waals surface area contributed by atoms with Gasteiger partial charge >= 0.3 is 8.05 Å². The van der Waals surface area contributed by atoms with E-state index in [-0.39, 0.29) is 11.4 Å². The molecule has 0 atom stereocenters. The first-order valence-electron chi connectivity index (χ1n) is 3.02. The van der Waals surface area contributed by atoms with Gasteiger partial charge in [-0.05, 0) is 5.41 Å². The Morgan fingerprint density at radius 2 is 2.00 bits per heavy atom. The van der Waals surface area contributed by atoms with Crippen molar-refractivity contribution < 1.29 is 9.45 Å². The minimum absolute atomic E-state index is 0.0487. The average Bonchev–Trinajstić information content (AvgIpc) is 1.62. The van der Waals surface area contributed by atoms with Crippen LogP contribution in [0.5, 0.6) is 0 Å². The number of hydrogen-bond donors (Lipinski definition) is 0. The van der Waals surface area contributed by atoms with Crippen molar-refractivity contribution in [3.8, 4) is 0 Å². The second-order valence-electron chi connectivity index (χ2n) is 3.31. The lowest BCUT2D eigenvalue weighted by Crippen LogP contribution is -2.14. The molecule has 0 aliphatic carbocycles. The third-order valence-electron chi connectivity index (χ3n) is 0.902. The second-order valence-corrected chi connectivity index (χ2v) is 3.31. The summed E-state index contributed by atoms with van der Waals surface area (Å²) in [5, 5.41) is 0. The van der Waals surface area contributed by atoms with Crippen molar-refractivity contribution in [1.29, 1.82) is 0 Å². The first kappa shape index (κ1) is 8.53. The van der Waals surface area contributed by atoms with E-state index in [1.807, 2.05) is 20.8 Å². The van der Waals surface area contributed by atoms with E-state index in [1.165, 1.54) is 8.05 Å². The zero-order chi connectivity index (χ0) is 7.49. The minimum Gasteiger partial charge on any atom is -0.543 e. The number of hydrogen-bond acceptors (Lipinski definition) is 2. The van der Waals surface area contributed by atoms with E-state index in [2.05, 4.69) is 4.65 Å². The third-order valence-corrected chi connectivity index (χ3v) is 0.902. The van der Waals surface area contributed by atoms with Gasteiger partial charge in [0, 0.05) is 6.42 Å². The van der Waals surface area contributed by atoms with Gasteiger partial charge in [-0.1, -0.05) is 20.8 Å². The normalized spacial score (nSPS) is 11.0. The number of rotatable bonds is 1. The van der Waals surface area contributed by atoms with Crippen LogP contribution in [0.15, 0.2) is 0 Å². The number of carbonyl (C=O) groups excluding carboxylic acids is 1. The molecule has 0 spiro atoms. The second kappa shape index (κ2) is 2.90. The van der Waals surface area contributed by atoms with Crippen LogP contribution < -0.4 is 0 Å². The van der Waals surface area contributed by atoms with Gasteiger partial charge in [0.05, 0.1) is 0 Å². The maximum Gasteiger partial charge on any atom is 0.325 e. The molecule has 0 aromatic heterocycles. The molecule has 0 saturated heterocycles. The number of carbonyl (C=O) groups is 1. The predicted molar refractivity (Wildman–Crippen MR) is 38.7 cm³/mol. The molecule has 9 heavy (non-hydrogen) atoms. The van der Waals surface area contributed by atoms with Gasteiger partial charge in [0.25, 0.3) is 5.97 Å². The highest BCUT2D eigenvalue weighted by atomic mass is 16.5. The summed E-state index contributed by atoms with van der Waals surface area (Å²) in [4.78, 5) is 10.6. The smallest absolute Gasteiger partial charge is 0.325 e. The van der Waals surface area contributed by atoms with Gasteiger partial charge in [-0.2, -0.15) is 0 Å². The van der Waals surface area contributed by atoms with Gasteiger partial charge in [-0.15, -0.1) is 0 Å².